The van der Waals surface area contributed by atoms with Crippen molar-refractivity contribution in [1.29, 1.82) is 0 Å². The first-order valence-electron chi connectivity index (χ1n) is 14.0. The van der Waals surface area contributed by atoms with Crippen molar-refractivity contribution in [2.24, 2.45) is 0 Å². The van der Waals surface area contributed by atoms with Gasteiger partial charge in [0, 0.05) is 6.61 Å². The number of aliphatic hydroxyl groups excluding tert-OH is 1. The molecule has 1 N–H and O–H groups in total. The lowest BCUT2D eigenvalue weighted by molar-refractivity contribution is -0.154. The van der Waals surface area contributed by atoms with E-state index >= 15 is 0 Å². The molecule has 0 aliphatic rings. The molecule has 0 aromatic rings. The second kappa shape index (κ2) is 30.4. The van der Waals surface area contributed by atoms with Gasteiger partial charge in [0.25, 0.3) is 0 Å². The number of ether oxygens (including phenoxy) is 7. The van der Waals surface area contributed by atoms with Crippen molar-refractivity contribution in [2.45, 2.75) is 84.2 Å². The molecular weight excluding hydrogens is 468 g/mol. The van der Waals surface area contributed by atoms with Crippen LogP contribution in [0.25, 0.3) is 0 Å². The summed E-state index contributed by atoms with van der Waals surface area (Å²) in [5.74, 6) is -0.650. The highest BCUT2D eigenvalue weighted by atomic mass is 16.6. The van der Waals surface area contributed by atoms with Crippen LogP contribution in [0.1, 0.15) is 78.1 Å². The van der Waals surface area contributed by atoms with E-state index in [1.54, 1.807) is 0 Å². The van der Waals surface area contributed by atoms with Gasteiger partial charge in [-0.3, -0.25) is 0 Å². The molecule has 216 valence electrons. The van der Waals surface area contributed by atoms with Gasteiger partial charge in [0.15, 0.2) is 0 Å². The largest absolute Gasteiger partial charge is 0.461 e. The zero-order valence-electron chi connectivity index (χ0n) is 23.1. The molecule has 0 bridgehead atoms. The third kappa shape index (κ3) is 29.4. The fourth-order valence-electron chi connectivity index (χ4n) is 3.21. The maximum absolute atomic E-state index is 11.0. The van der Waals surface area contributed by atoms with Crippen LogP contribution in [0, 0.1) is 0 Å². The van der Waals surface area contributed by atoms with Gasteiger partial charge in [0.05, 0.1) is 72.7 Å². The average Bonchev–Trinajstić information content (AvgIpc) is 2.87. The van der Waals surface area contributed by atoms with Gasteiger partial charge in [-0.1, -0.05) is 64.7 Å². The van der Waals surface area contributed by atoms with E-state index in [4.69, 9.17) is 38.3 Å². The molecule has 0 spiro atoms. The second-order valence-electron chi connectivity index (χ2n) is 8.70. The zero-order valence-corrected chi connectivity index (χ0v) is 23.1. The van der Waals surface area contributed by atoms with Crippen LogP contribution in [-0.2, 0) is 38.0 Å². The maximum atomic E-state index is 11.0. The minimum Gasteiger partial charge on any atom is -0.461 e. The van der Waals surface area contributed by atoms with Crippen LogP contribution in [0.15, 0.2) is 0 Å². The Morgan fingerprint density at radius 2 is 0.806 bits per heavy atom. The van der Waals surface area contributed by atoms with E-state index in [2.05, 4.69) is 6.92 Å². The minimum atomic E-state index is -1.11. The second-order valence-corrected chi connectivity index (χ2v) is 8.70. The highest BCUT2D eigenvalue weighted by Crippen LogP contribution is 2.10. The quantitative estimate of drug-likeness (QED) is 0.111. The van der Waals surface area contributed by atoms with Gasteiger partial charge >= 0.3 is 5.97 Å². The third-order valence-electron chi connectivity index (χ3n) is 5.32. The molecule has 0 aromatic carbocycles. The van der Waals surface area contributed by atoms with Crippen LogP contribution in [0.3, 0.4) is 0 Å². The maximum Gasteiger partial charge on any atom is 0.334 e. The fraction of sp³-hybridized carbons (Fsp3) is 0.963. The lowest BCUT2D eigenvalue weighted by Gasteiger charge is -2.09. The molecule has 0 aromatic heterocycles. The number of rotatable bonds is 30. The number of carbonyl (C=O) groups excluding carboxylic acids is 1. The molecule has 1 unspecified atom stereocenters. The van der Waals surface area contributed by atoms with Gasteiger partial charge in [0.1, 0.15) is 12.7 Å². The Morgan fingerprint density at radius 1 is 0.500 bits per heavy atom. The van der Waals surface area contributed by atoms with Crippen molar-refractivity contribution < 1.29 is 43.1 Å². The summed E-state index contributed by atoms with van der Waals surface area (Å²) in [4.78, 5) is 11.0. The molecule has 9 heteroatoms. The Kier molecular flexibility index (Phi) is 29.7. The summed E-state index contributed by atoms with van der Waals surface area (Å²) >= 11 is 0. The number of hydrogen-bond acceptors (Lipinski definition) is 9. The van der Waals surface area contributed by atoms with Gasteiger partial charge in [-0.15, -0.1) is 0 Å². The van der Waals surface area contributed by atoms with Crippen molar-refractivity contribution >= 4 is 5.97 Å². The molecule has 0 saturated carbocycles. The van der Waals surface area contributed by atoms with E-state index in [1.165, 1.54) is 64.7 Å². The van der Waals surface area contributed by atoms with E-state index in [1.807, 2.05) is 0 Å². The van der Waals surface area contributed by atoms with Crippen molar-refractivity contribution in [2.75, 3.05) is 85.9 Å². The van der Waals surface area contributed by atoms with Crippen LogP contribution in [0.4, 0.5) is 0 Å². The van der Waals surface area contributed by atoms with Crippen LogP contribution in [-0.4, -0.2) is 103 Å². The first-order valence-corrected chi connectivity index (χ1v) is 14.0. The molecule has 0 saturated heterocycles. The summed E-state index contributed by atoms with van der Waals surface area (Å²) in [6.07, 6.45) is 12.3. The van der Waals surface area contributed by atoms with Crippen molar-refractivity contribution in [3.05, 3.63) is 0 Å². The predicted octanol–water partition coefficient (Wildman–Crippen LogP) is 3.93. The monoisotopic (exact) mass is 522 g/mol. The Morgan fingerprint density at radius 3 is 1.17 bits per heavy atom. The van der Waals surface area contributed by atoms with Crippen molar-refractivity contribution in [3.63, 3.8) is 0 Å². The molecule has 1 atom stereocenters. The standard InChI is InChI=1S/C27H54O9/c1-3-4-5-6-7-8-9-10-11-12-13-30-14-15-31-16-17-32-18-19-33-20-21-34-22-23-35-24-25-36-27(29)26(2)28/h26,28H,3-25H2,1-2H3. The first kappa shape index (κ1) is 35.2. The fourth-order valence-corrected chi connectivity index (χ4v) is 3.21. The first-order chi connectivity index (χ1) is 17.7. The molecular formula is C27H54O9. The molecule has 0 heterocycles. The number of aliphatic hydroxyl groups is 1. The summed E-state index contributed by atoms with van der Waals surface area (Å²) in [5, 5.41) is 8.96. The summed E-state index contributed by atoms with van der Waals surface area (Å²) in [6.45, 7) is 10.0. The lowest BCUT2D eigenvalue weighted by atomic mass is 10.1. The van der Waals surface area contributed by atoms with Crippen LogP contribution < -0.4 is 0 Å². The lowest BCUT2D eigenvalue weighted by Crippen LogP contribution is -2.21. The summed E-state index contributed by atoms with van der Waals surface area (Å²) < 4.78 is 37.4. The third-order valence-corrected chi connectivity index (χ3v) is 5.32. The van der Waals surface area contributed by atoms with Crippen molar-refractivity contribution in [3.8, 4) is 0 Å². The van der Waals surface area contributed by atoms with Crippen LogP contribution in [0.5, 0.6) is 0 Å². The van der Waals surface area contributed by atoms with E-state index in [0.29, 0.717) is 66.1 Å². The predicted molar refractivity (Wildman–Crippen MR) is 139 cm³/mol. The Bertz CT molecular complexity index is 435. The molecule has 9 nitrogen and oxygen atoms in total. The van der Waals surface area contributed by atoms with Crippen LogP contribution >= 0.6 is 0 Å². The number of esters is 1. The number of carbonyl (C=O) groups is 1. The number of hydrogen-bond donors (Lipinski definition) is 1. The molecule has 0 amide bonds. The summed E-state index contributed by atoms with van der Waals surface area (Å²) in [6, 6.07) is 0. The highest BCUT2D eigenvalue weighted by Gasteiger charge is 2.08. The highest BCUT2D eigenvalue weighted by molar-refractivity contribution is 5.73. The summed E-state index contributed by atoms with van der Waals surface area (Å²) in [5.41, 5.74) is 0. The van der Waals surface area contributed by atoms with Gasteiger partial charge < -0.3 is 38.3 Å². The Hall–Kier alpha value is -0.810. The van der Waals surface area contributed by atoms with E-state index < -0.39 is 12.1 Å². The van der Waals surface area contributed by atoms with Gasteiger partial charge in [-0.25, -0.2) is 4.79 Å². The minimum absolute atomic E-state index is 0.116. The molecule has 36 heavy (non-hydrogen) atoms. The zero-order chi connectivity index (χ0) is 26.4. The topological polar surface area (TPSA) is 102 Å². The normalized spacial score (nSPS) is 12.2. The summed E-state index contributed by atoms with van der Waals surface area (Å²) in [7, 11) is 0. The van der Waals surface area contributed by atoms with E-state index in [9.17, 15) is 4.79 Å². The van der Waals surface area contributed by atoms with E-state index in [0.717, 1.165) is 13.0 Å². The number of unbranched alkanes of at least 4 members (excludes halogenated alkanes) is 9. The molecule has 0 aliphatic heterocycles. The van der Waals surface area contributed by atoms with Gasteiger partial charge in [0.2, 0.25) is 0 Å². The average molecular weight is 523 g/mol. The van der Waals surface area contributed by atoms with Crippen molar-refractivity contribution in [1.82, 2.24) is 0 Å². The van der Waals surface area contributed by atoms with Crippen LogP contribution in [0.2, 0.25) is 0 Å². The smallest absolute Gasteiger partial charge is 0.334 e. The Labute approximate surface area is 219 Å². The van der Waals surface area contributed by atoms with E-state index in [-0.39, 0.29) is 13.2 Å². The Balaban J connectivity index is 3.05. The molecule has 0 aliphatic carbocycles. The van der Waals surface area contributed by atoms with Gasteiger partial charge in [-0.05, 0) is 13.3 Å². The molecule has 0 rings (SSSR count). The SMILES string of the molecule is CCCCCCCCCCCCOCCOCCOCCOCCOCCOCCOC(=O)C(C)O. The molecule has 0 radical (unpaired) electrons. The van der Waals surface area contributed by atoms with Gasteiger partial charge in [-0.2, -0.15) is 0 Å². The molecule has 0 fully saturated rings.